The molecule has 0 saturated carbocycles. The summed E-state index contributed by atoms with van der Waals surface area (Å²) in [4.78, 5) is 44.5. The van der Waals surface area contributed by atoms with Crippen LogP contribution in [0.25, 0.3) is 10.1 Å². The van der Waals surface area contributed by atoms with E-state index in [-0.39, 0.29) is 23.7 Å². The minimum atomic E-state index is -0.858. The van der Waals surface area contributed by atoms with Crippen LogP contribution in [0.5, 0.6) is 5.75 Å². The molecule has 1 spiro atoms. The van der Waals surface area contributed by atoms with Crippen molar-refractivity contribution >= 4 is 61.7 Å². The highest BCUT2D eigenvalue weighted by molar-refractivity contribution is 7.23. The highest BCUT2D eigenvalue weighted by Gasteiger charge is 2.46. The lowest BCUT2D eigenvalue weighted by atomic mass is 9.87. The van der Waals surface area contributed by atoms with Crippen molar-refractivity contribution in [3.8, 4) is 5.75 Å². The summed E-state index contributed by atoms with van der Waals surface area (Å²) in [5, 5.41) is 9.40. The molecule has 2 aromatic rings. The number of ether oxygens (including phenoxy) is 1. The molecular formula is C21H24ClN5O4S. The minimum absolute atomic E-state index is 0.147. The van der Waals surface area contributed by atoms with Gasteiger partial charge in [-0.25, -0.2) is 4.79 Å². The highest BCUT2D eigenvalue weighted by atomic mass is 35.5. The Balaban J connectivity index is 1.64. The van der Waals surface area contributed by atoms with Gasteiger partial charge in [0, 0.05) is 25.0 Å². The molecule has 1 saturated heterocycles. The molecule has 0 atom stereocenters. The molecule has 1 fully saturated rings. The van der Waals surface area contributed by atoms with Crippen LogP contribution in [0, 0.1) is 0 Å². The standard InChI is InChI=1S/C21H24ClN5O4S/c1-3-23-20(30)25-17-15(12-5-4-6-13(31-2)16(12)32-17)18(28)27-9-7-21(8-10-27)19(29)24-14(11-22)26-21/h4-6H,3,7-11H2,1-2H3,(H2,23,25,30)(H,24,26,29). The van der Waals surface area contributed by atoms with Crippen LogP contribution in [0.1, 0.15) is 30.1 Å². The summed E-state index contributed by atoms with van der Waals surface area (Å²) < 4.78 is 6.24. The third-order valence-electron chi connectivity index (χ3n) is 5.71. The number of nitrogens with one attached hydrogen (secondary N) is 3. The van der Waals surface area contributed by atoms with Crippen LogP contribution in [-0.2, 0) is 4.79 Å². The van der Waals surface area contributed by atoms with E-state index in [1.165, 1.54) is 11.3 Å². The second-order valence-corrected chi connectivity index (χ2v) is 8.89. The number of amides is 4. The normalized spacial score (nSPS) is 17.3. The Labute approximate surface area is 194 Å². The molecule has 4 rings (SSSR count). The van der Waals surface area contributed by atoms with Crippen LogP contribution in [0.2, 0.25) is 0 Å². The van der Waals surface area contributed by atoms with Gasteiger partial charge in [0.2, 0.25) is 0 Å². The first-order chi connectivity index (χ1) is 15.4. The molecule has 11 heteroatoms. The van der Waals surface area contributed by atoms with Crippen molar-refractivity contribution in [2.45, 2.75) is 25.3 Å². The van der Waals surface area contributed by atoms with Gasteiger partial charge >= 0.3 is 6.03 Å². The number of likely N-dealkylation sites (tertiary alicyclic amines) is 1. The van der Waals surface area contributed by atoms with E-state index in [0.717, 1.165) is 4.70 Å². The lowest BCUT2D eigenvalue weighted by molar-refractivity contribution is -0.125. The number of halogens is 1. The number of rotatable bonds is 5. The Bertz CT molecular complexity index is 1110. The Morgan fingerprint density at radius 2 is 2.09 bits per heavy atom. The number of urea groups is 1. The van der Waals surface area contributed by atoms with E-state index >= 15 is 0 Å². The molecule has 2 aliphatic heterocycles. The molecule has 170 valence electrons. The molecule has 3 N–H and O–H groups in total. The Morgan fingerprint density at radius 1 is 1.34 bits per heavy atom. The molecule has 0 unspecified atom stereocenters. The zero-order valence-corrected chi connectivity index (χ0v) is 19.4. The smallest absolute Gasteiger partial charge is 0.319 e. The second kappa shape index (κ2) is 8.95. The van der Waals surface area contributed by atoms with Gasteiger partial charge in [0.05, 0.1) is 23.3 Å². The van der Waals surface area contributed by atoms with Gasteiger partial charge in [-0.05, 0) is 25.8 Å². The first-order valence-electron chi connectivity index (χ1n) is 10.3. The van der Waals surface area contributed by atoms with E-state index in [1.807, 2.05) is 25.1 Å². The number of alkyl halides is 1. The molecular weight excluding hydrogens is 454 g/mol. The molecule has 9 nitrogen and oxygen atoms in total. The van der Waals surface area contributed by atoms with Gasteiger partial charge in [-0.3, -0.25) is 19.9 Å². The van der Waals surface area contributed by atoms with Crippen molar-refractivity contribution in [2.75, 3.05) is 37.9 Å². The van der Waals surface area contributed by atoms with Crippen molar-refractivity contribution in [3.05, 3.63) is 23.8 Å². The van der Waals surface area contributed by atoms with E-state index < -0.39 is 5.54 Å². The van der Waals surface area contributed by atoms with Crippen LogP contribution < -0.4 is 20.7 Å². The molecule has 3 heterocycles. The Morgan fingerprint density at radius 3 is 2.72 bits per heavy atom. The fourth-order valence-corrected chi connectivity index (χ4v) is 5.39. The van der Waals surface area contributed by atoms with E-state index in [4.69, 9.17) is 16.3 Å². The van der Waals surface area contributed by atoms with Crippen molar-refractivity contribution in [1.82, 2.24) is 15.5 Å². The van der Waals surface area contributed by atoms with Crippen molar-refractivity contribution in [1.29, 1.82) is 0 Å². The molecule has 0 radical (unpaired) electrons. The number of thiophene rings is 1. The third-order valence-corrected chi connectivity index (χ3v) is 7.10. The number of hydrogen-bond acceptors (Lipinski definition) is 6. The lowest BCUT2D eigenvalue weighted by Crippen LogP contribution is -2.50. The van der Waals surface area contributed by atoms with Crippen molar-refractivity contribution < 1.29 is 19.1 Å². The monoisotopic (exact) mass is 477 g/mol. The summed E-state index contributed by atoms with van der Waals surface area (Å²) in [6, 6.07) is 5.10. The summed E-state index contributed by atoms with van der Waals surface area (Å²) in [6.45, 7) is 3.02. The van der Waals surface area contributed by atoms with E-state index in [0.29, 0.717) is 60.0 Å². The number of carbonyl (C=O) groups excluding carboxylic acids is 3. The highest BCUT2D eigenvalue weighted by Crippen LogP contribution is 2.42. The fraction of sp³-hybridized carbons (Fsp3) is 0.429. The van der Waals surface area contributed by atoms with Crippen molar-refractivity contribution in [2.24, 2.45) is 4.99 Å². The summed E-state index contributed by atoms with van der Waals surface area (Å²) >= 11 is 7.12. The van der Waals surface area contributed by atoms with Crippen molar-refractivity contribution in [3.63, 3.8) is 0 Å². The van der Waals surface area contributed by atoms with Crippen LogP contribution in [-0.4, -0.2) is 66.7 Å². The maximum Gasteiger partial charge on any atom is 0.319 e. The van der Waals surface area contributed by atoms with Crippen LogP contribution in [0.15, 0.2) is 23.2 Å². The number of piperidine rings is 1. The molecule has 4 amide bonds. The van der Waals surface area contributed by atoms with Gasteiger partial charge in [-0.2, -0.15) is 0 Å². The van der Waals surface area contributed by atoms with Gasteiger partial charge in [0.25, 0.3) is 11.8 Å². The van der Waals surface area contributed by atoms with E-state index in [9.17, 15) is 14.4 Å². The average molecular weight is 478 g/mol. The Kier molecular flexibility index (Phi) is 6.25. The SMILES string of the molecule is CCNC(=O)Nc1sc2c(OC)cccc2c1C(=O)N1CCC2(CC1)N=C(CCl)NC2=O. The molecule has 2 aliphatic rings. The number of amidine groups is 1. The minimum Gasteiger partial charge on any atom is -0.495 e. The van der Waals surface area contributed by atoms with Crippen LogP contribution >= 0.6 is 22.9 Å². The first-order valence-corrected chi connectivity index (χ1v) is 11.7. The number of fused-ring (bicyclic) bond motifs is 1. The number of anilines is 1. The summed E-state index contributed by atoms with van der Waals surface area (Å²) in [5.41, 5.74) is -0.435. The van der Waals surface area contributed by atoms with Crippen LogP contribution in [0.4, 0.5) is 9.80 Å². The van der Waals surface area contributed by atoms with Crippen LogP contribution in [0.3, 0.4) is 0 Å². The molecule has 1 aromatic carbocycles. The molecule has 1 aromatic heterocycles. The van der Waals surface area contributed by atoms with Gasteiger partial charge in [-0.15, -0.1) is 22.9 Å². The number of nitrogens with zero attached hydrogens (tertiary/aromatic N) is 2. The zero-order valence-electron chi connectivity index (χ0n) is 17.8. The topological polar surface area (TPSA) is 112 Å². The largest absolute Gasteiger partial charge is 0.495 e. The number of benzene rings is 1. The lowest BCUT2D eigenvalue weighted by Gasteiger charge is -2.35. The predicted octanol–water partition coefficient (Wildman–Crippen LogP) is 2.79. The number of carbonyl (C=O) groups is 3. The van der Waals surface area contributed by atoms with Gasteiger partial charge in [0.15, 0.2) is 0 Å². The van der Waals surface area contributed by atoms with E-state index in [1.54, 1.807) is 12.0 Å². The summed E-state index contributed by atoms with van der Waals surface area (Å²) in [7, 11) is 1.57. The number of hydrogen-bond donors (Lipinski definition) is 3. The number of aliphatic imine (C=N–C) groups is 1. The number of methoxy groups -OCH3 is 1. The predicted molar refractivity (Wildman–Crippen MR) is 125 cm³/mol. The molecule has 32 heavy (non-hydrogen) atoms. The molecule has 0 aliphatic carbocycles. The van der Waals surface area contributed by atoms with Gasteiger partial charge < -0.3 is 20.3 Å². The summed E-state index contributed by atoms with van der Waals surface area (Å²) in [6.07, 6.45) is 0.824. The fourth-order valence-electron chi connectivity index (χ4n) is 4.09. The summed E-state index contributed by atoms with van der Waals surface area (Å²) in [5.74, 6) is 0.887. The Hall–Kier alpha value is -2.85. The average Bonchev–Trinajstić information content (AvgIpc) is 3.30. The second-order valence-electron chi connectivity index (χ2n) is 7.60. The maximum atomic E-state index is 13.6. The maximum absolute atomic E-state index is 13.6. The van der Waals surface area contributed by atoms with E-state index in [2.05, 4.69) is 20.9 Å². The van der Waals surface area contributed by atoms with Gasteiger partial charge in [-0.1, -0.05) is 12.1 Å². The quantitative estimate of drug-likeness (QED) is 0.575. The first kappa shape index (κ1) is 22.3. The van der Waals surface area contributed by atoms with Gasteiger partial charge in [0.1, 0.15) is 22.1 Å². The third kappa shape index (κ3) is 3.88. The molecule has 0 bridgehead atoms. The zero-order chi connectivity index (χ0) is 22.9.